The molecule has 0 aliphatic heterocycles. The highest BCUT2D eigenvalue weighted by atomic mass is 16.5. The van der Waals surface area contributed by atoms with Gasteiger partial charge in [-0.15, -0.1) is 0 Å². The molecule has 0 aromatic heterocycles. The molecule has 66 valence electrons. The summed E-state index contributed by atoms with van der Waals surface area (Å²) in [6.07, 6.45) is 4.41. The van der Waals surface area contributed by atoms with Crippen molar-refractivity contribution in [3.63, 3.8) is 0 Å². The van der Waals surface area contributed by atoms with Gasteiger partial charge in [-0.2, -0.15) is 0 Å². The van der Waals surface area contributed by atoms with Gasteiger partial charge in [-0.1, -0.05) is 6.42 Å². The summed E-state index contributed by atoms with van der Waals surface area (Å²) in [5, 5.41) is 0. The lowest BCUT2D eigenvalue weighted by Crippen LogP contribution is -2.38. The molecule has 0 atom stereocenters. The van der Waals surface area contributed by atoms with E-state index in [1.807, 2.05) is 0 Å². The number of esters is 1. The van der Waals surface area contributed by atoms with Crippen LogP contribution in [0.25, 0.3) is 4.85 Å². The molecule has 0 bridgehead atoms. The molecule has 0 heterocycles. The van der Waals surface area contributed by atoms with Crippen LogP contribution in [0.1, 0.15) is 32.1 Å². The molecule has 1 aliphatic carbocycles. The van der Waals surface area contributed by atoms with Crippen molar-refractivity contribution < 1.29 is 9.53 Å². The molecular weight excluding hydrogens is 154 g/mol. The first kappa shape index (κ1) is 9.05. The molecule has 12 heavy (non-hydrogen) atoms. The molecule has 0 aromatic carbocycles. The van der Waals surface area contributed by atoms with Gasteiger partial charge in [-0.05, 0) is 12.8 Å². The molecule has 0 unspecified atom stereocenters. The van der Waals surface area contributed by atoms with Crippen LogP contribution >= 0.6 is 0 Å². The van der Waals surface area contributed by atoms with Crippen molar-refractivity contribution in [1.82, 2.24) is 0 Å². The van der Waals surface area contributed by atoms with Gasteiger partial charge in [0.15, 0.2) is 0 Å². The molecule has 0 radical (unpaired) electrons. The van der Waals surface area contributed by atoms with Crippen LogP contribution in [0.2, 0.25) is 0 Å². The Morgan fingerprint density at radius 1 is 1.42 bits per heavy atom. The lowest BCUT2D eigenvalue weighted by molar-refractivity contribution is -0.146. The molecule has 0 spiro atoms. The Hall–Kier alpha value is -1.04. The number of methoxy groups -OCH3 is 1. The van der Waals surface area contributed by atoms with Gasteiger partial charge >= 0.3 is 11.5 Å². The number of rotatable bonds is 1. The zero-order valence-corrected chi connectivity index (χ0v) is 7.30. The Balaban J connectivity index is 2.74. The van der Waals surface area contributed by atoms with Crippen LogP contribution in [0.15, 0.2) is 0 Å². The molecule has 0 saturated heterocycles. The zero-order chi connectivity index (χ0) is 9.03. The van der Waals surface area contributed by atoms with E-state index in [0.717, 1.165) is 19.3 Å². The van der Waals surface area contributed by atoms with E-state index in [1.165, 1.54) is 7.11 Å². The Morgan fingerprint density at radius 2 is 2.00 bits per heavy atom. The number of hydrogen-bond acceptors (Lipinski definition) is 2. The average molecular weight is 167 g/mol. The van der Waals surface area contributed by atoms with Gasteiger partial charge < -0.3 is 4.74 Å². The van der Waals surface area contributed by atoms with E-state index < -0.39 is 5.54 Å². The number of ether oxygens (including phenoxy) is 1. The quantitative estimate of drug-likeness (QED) is 0.440. The SMILES string of the molecule is [C-]#[N+]C1(C(=O)OC)CCCCC1. The minimum atomic E-state index is -0.840. The second-order valence-corrected chi connectivity index (χ2v) is 3.20. The van der Waals surface area contributed by atoms with Crippen LogP contribution in [0.3, 0.4) is 0 Å². The largest absolute Gasteiger partial charge is 0.463 e. The standard InChI is InChI=1S/C9H13NO2/c1-10-9(8(11)12-2)6-4-3-5-7-9/h3-7H2,2H3. The fourth-order valence-electron chi connectivity index (χ4n) is 1.69. The maximum atomic E-state index is 11.3. The fourth-order valence-corrected chi connectivity index (χ4v) is 1.69. The van der Waals surface area contributed by atoms with Gasteiger partial charge in [0.25, 0.3) is 0 Å². The van der Waals surface area contributed by atoms with Crippen LogP contribution in [0.4, 0.5) is 0 Å². The molecule has 0 aromatic rings. The minimum Gasteiger partial charge on any atom is -0.463 e. The zero-order valence-electron chi connectivity index (χ0n) is 7.30. The highest BCUT2D eigenvalue weighted by molar-refractivity contribution is 5.83. The monoisotopic (exact) mass is 167 g/mol. The van der Waals surface area contributed by atoms with Crippen LogP contribution in [0, 0.1) is 6.57 Å². The van der Waals surface area contributed by atoms with E-state index in [-0.39, 0.29) is 5.97 Å². The Kier molecular flexibility index (Phi) is 2.69. The highest BCUT2D eigenvalue weighted by Crippen LogP contribution is 2.32. The van der Waals surface area contributed by atoms with Crippen molar-refractivity contribution in [2.24, 2.45) is 0 Å². The number of nitrogens with zero attached hydrogens (tertiary/aromatic N) is 1. The second kappa shape index (κ2) is 3.57. The highest BCUT2D eigenvalue weighted by Gasteiger charge is 2.47. The Bertz CT molecular complexity index is 211. The van der Waals surface area contributed by atoms with Crippen molar-refractivity contribution >= 4 is 5.97 Å². The molecule has 1 saturated carbocycles. The third-order valence-corrected chi connectivity index (χ3v) is 2.46. The molecule has 3 nitrogen and oxygen atoms in total. The molecule has 1 rings (SSSR count). The van der Waals surface area contributed by atoms with Crippen molar-refractivity contribution in [3.05, 3.63) is 11.4 Å². The molecule has 0 N–H and O–H groups in total. The van der Waals surface area contributed by atoms with E-state index in [4.69, 9.17) is 6.57 Å². The molecular formula is C9H13NO2. The second-order valence-electron chi connectivity index (χ2n) is 3.20. The van der Waals surface area contributed by atoms with Crippen molar-refractivity contribution in [1.29, 1.82) is 0 Å². The number of carbonyl (C=O) groups excluding carboxylic acids is 1. The Labute approximate surface area is 72.5 Å². The predicted octanol–water partition coefficient (Wildman–Crippen LogP) is 1.78. The van der Waals surface area contributed by atoms with Crippen LogP contribution in [-0.4, -0.2) is 18.6 Å². The van der Waals surface area contributed by atoms with Gasteiger partial charge in [0.2, 0.25) is 0 Å². The van der Waals surface area contributed by atoms with Crippen LogP contribution in [0.5, 0.6) is 0 Å². The predicted molar refractivity (Wildman–Crippen MR) is 44.4 cm³/mol. The Morgan fingerprint density at radius 3 is 2.42 bits per heavy atom. The third-order valence-electron chi connectivity index (χ3n) is 2.46. The normalized spacial score (nSPS) is 21.0. The smallest absolute Gasteiger partial charge is 0.393 e. The summed E-state index contributed by atoms with van der Waals surface area (Å²) in [7, 11) is 1.35. The van der Waals surface area contributed by atoms with Gasteiger partial charge in [-0.25, -0.2) is 11.4 Å². The van der Waals surface area contributed by atoms with Crippen LogP contribution < -0.4 is 0 Å². The third kappa shape index (κ3) is 1.42. The molecule has 0 amide bonds. The topological polar surface area (TPSA) is 30.7 Å². The van der Waals surface area contributed by atoms with Gasteiger partial charge in [0.05, 0.1) is 7.11 Å². The minimum absolute atomic E-state index is 0.350. The van der Waals surface area contributed by atoms with E-state index in [0.29, 0.717) is 12.8 Å². The number of hydrogen-bond donors (Lipinski definition) is 0. The summed E-state index contributed by atoms with van der Waals surface area (Å²) >= 11 is 0. The summed E-state index contributed by atoms with van der Waals surface area (Å²) in [6, 6.07) is 0. The first-order valence-corrected chi connectivity index (χ1v) is 4.22. The first-order chi connectivity index (χ1) is 5.75. The lowest BCUT2D eigenvalue weighted by atomic mass is 9.82. The first-order valence-electron chi connectivity index (χ1n) is 4.22. The molecule has 3 heteroatoms. The summed E-state index contributed by atoms with van der Waals surface area (Å²) in [5.41, 5.74) is -0.840. The van der Waals surface area contributed by atoms with Crippen molar-refractivity contribution in [2.75, 3.05) is 7.11 Å². The molecule has 1 aliphatic rings. The maximum absolute atomic E-state index is 11.3. The average Bonchev–Trinajstić information content (AvgIpc) is 2.17. The summed E-state index contributed by atoms with van der Waals surface area (Å²) in [4.78, 5) is 14.7. The summed E-state index contributed by atoms with van der Waals surface area (Å²) < 4.78 is 4.63. The number of carbonyl (C=O) groups is 1. The van der Waals surface area contributed by atoms with E-state index in [9.17, 15) is 4.79 Å². The van der Waals surface area contributed by atoms with Crippen LogP contribution in [-0.2, 0) is 9.53 Å². The van der Waals surface area contributed by atoms with E-state index in [2.05, 4.69) is 9.58 Å². The van der Waals surface area contributed by atoms with Crippen molar-refractivity contribution in [3.8, 4) is 0 Å². The van der Waals surface area contributed by atoms with Gasteiger partial charge in [0, 0.05) is 12.8 Å². The summed E-state index contributed by atoms with van der Waals surface area (Å²) in [5.74, 6) is -0.350. The van der Waals surface area contributed by atoms with E-state index in [1.54, 1.807) is 0 Å². The summed E-state index contributed by atoms with van der Waals surface area (Å²) in [6.45, 7) is 7.00. The van der Waals surface area contributed by atoms with Crippen molar-refractivity contribution in [2.45, 2.75) is 37.6 Å². The fraction of sp³-hybridized carbons (Fsp3) is 0.778. The molecule has 1 fully saturated rings. The van der Waals surface area contributed by atoms with Gasteiger partial charge in [0.1, 0.15) is 0 Å². The maximum Gasteiger partial charge on any atom is 0.393 e. The van der Waals surface area contributed by atoms with Gasteiger partial charge in [-0.3, -0.25) is 4.85 Å². The lowest BCUT2D eigenvalue weighted by Gasteiger charge is -2.22. The van der Waals surface area contributed by atoms with E-state index >= 15 is 0 Å².